The van der Waals surface area contributed by atoms with E-state index in [9.17, 15) is 18.0 Å². The number of carbonyl (C=O) groups is 1. The molecule has 0 spiro atoms. The SMILES string of the molecule is O=C(CSc1nnc(-c2cccnc2)n1C1CC1)Nc1ncc(C(F)(F)F)cc1Cl. The summed E-state index contributed by atoms with van der Waals surface area (Å²) in [5.74, 6) is 0.0510. The molecule has 1 aliphatic carbocycles. The number of carbonyl (C=O) groups excluding carboxylic acids is 1. The van der Waals surface area contributed by atoms with Crippen molar-refractivity contribution in [2.45, 2.75) is 30.2 Å². The molecule has 1 fully saturated rings. The molecule has 0 unspecified atom stereocenters. The number of amides is 1. The Balaban J connectivity index is 1.44. The predicted molar refractivity (Wildman–Crippen MR) is 105 cm³/mol. The number of pyridine rings is 2. The second kappa shape index (κ2) is 8.23. The van der Waals surface area contributed by atoms with Crippen molar-refractivity contribution < 1.29 is 18.0 Å². The minimum Gasteiger partial charge on any atom is -0.309 e. The molecule has 0 aliphatic heterocycles. The standard InChI is InChI=1S/C18H14ClF3N6OS/c19-13-6-11(18(20,21)22)8-24-15(13)25-14(29)9-30-17-27-26-16(28(17)12-3-4-12)10-2-1-5-23-7-10/h1-2,5-8,12H,3-4,9H2,(H,24,25,29). The molecule has 7 nitrogen and oxygen atoms in total. The normalized spacial score (nSPS) is 14.0. The fourth-order valence-electron chi connectivity index (χ4n) is 2.71. The molecule has 156 valence electrons. The number of hydrogen-bond acceptors (Lipinski definition) is 6. The maximum Gasteiger partial charge on any atom is 0.417 e. The molecule has 12 heteroatoms. The van der Waals surface area contributed by atoms with Crippen LogP contribution in [0.1, 0.15) is 24.4 Å². The molecule has 3 aromatic heterocycles. The summed E-state index contributed by atoms with van der Waals surface area (Å²) in [4.78, 5) is 20.0. The van der Waals surface area contributed by atoms with Crippen LogP contribution in [0.4, 0.5) is 19.0 Å². The molecular formula is C18H14ClF3N6OS. The van der Waals surface area contributed by atoms with Crippen molar-refractivity contribution in [1.82, 2.24) is 24.7 Å². The van der Waals surface area contributed by atoms with Gasteiger partial charge < -0.3 is 5.32 Å². The van der Waals surface area contributed by atoms with Crippen LogP contribution in [0.25, 0.3) is 11.4 Å². The van der Waals surface area contributed by atoms with Gasteiger partial charge in [-0.1, -0.05) is 23.4 Å². The van der Waals surface area contributed by atoms with Gasteiger partial charge in [0.2, 0.25) is 5.91 Å². The molecule has 3 aromatic rings. The minimum atomic E-state index is -4.56. The lowest BCUT2D eigenvalue weighted by molar-refractivity contribution is -0.137. The molecule has 30 heavy (non-hydrogen) atoms. The summed E-state index contributed by atoms with van der Waals surface area (Å²) in [6, 6.07) is 4.69. The summed E-state index contributed by atoms with van der Waals surface area (Å²) in [7, 11) is 0. The van der Waals surface area contributed by atoms with Gasteiger partial charge in [-0.25, -0.2) is 4.98 Å². The first-order valence-electron chi connectivity index (χ1n) is 8.83. The van der Waals surface area contributed by atoms with Crippen LogP contribution in [0.15, 0.2) is 41.9 Å². The maximum atomic E-state index is 12.7. The van der Waals surface area contributed by atoms with E-state index in [0.29, 0.717) is 17.2 Å². The van der Waals surface area contributed by atoms with Crippen molar-refractivity contribution in [3.05, 3.63) is 47.4 Å². The lowest BCUT2D eigenvalue weighted by atomic mass is 10.3. The Labute approximate surface area is 178 Å². The van der Waals surface area contributed by atoms with Crippen LogP contribution >= 0.6 is 23.4 Å². The number of thioether (sulfide) groups is 1. The largest absolute Gasteiger partial charge is 0.417 e. The highest BCUT2D eigenvalue weighted by molar-refractivity contribution is 7.99. The zero-order valence-electron chi connectivity index (χ0n) is 15.2. The first-order chi connectivity index (χ1) is 14.3. The molecule has 0 aromatic carbocycles. The fraction of sp³-hybridized carbons (Fsp3) is 0.278. The molecule has 1 amide bonds. The molecule has 0 atom stereocenters. The van der Waals surface area contributed by atoms with Crippen molar-refractivity contribution >= 4 is 35.1 Å². The molecule has 0 bridgehead atoms. The van der Waals surface area contributed by atoms with E-state index in [4.69, 9.17) is 11.6 Å². The van der Waals surface area contributed by atoms with E-state index in [0.717, 1.165) is 24.5 Å². The quantitative estimate of drug-likeness (QED) is 0.553. The van der Waals surface area contributed by atoms with E-state index in [1.807, 2.05) is 16.7 Å². The Morgan fingerprint density at radius 3 is 2.73 bits per heavy atom. The number of halogens is 4. The summed E-state index contributed by atoms with van der Waals surface area (Å²) in [6.45, 7) is 0. The van der Waals surface area contributed by atoms with Gasteiger partial charge in [0.15, 0.2) is 16.8 Å². The van der Waals surface area contributed by atoms with E-state index < -0.39 is 17.6 Å². The summed E-state index contributed by atoms with van der Waals surface area (Å²) in [6.07, 6.45) is 1.42. The summed E-state index contributed by atoms with van der Waals surface area (Å²) in [5.41, 5.74) is -0.158. The van der Waals surface area contributed by atoms with Crippen molar-refractivity contribution in [2.75, 3.05) is 11.1 Å². The molecule has 0 radical (unpaired) electrons. The first kappa shape index (κ1) is 20.6. The lowest BCUT2D eigenvalue weighted by Crippen LogP contribution is -2.16. The van der Waals surface area contributed by atoms with Gasteiger partial charge in [0, 0.05) is 30.2 Å². The highest BCUT2D eigenvalue weighted by Gasteiger charge is 2.32. The van der Waals surface area contributed by atoms with Gasteiger partial charge in [0.25, 0.3) is 0 Å². The number of hydrogen-bond donors (Lipinski definition) is 1. The Hall–Kier alpha value is -2.66. The smallest absolute Gasteiger partial charge is 0.309 e. The van der Waals surface area contributed by atoms with E-state index in [1.54, 1.807) is 12.4 Å². The van der Waals surface area contributed by atoms with Crippen molar-refractivity contribution in [1.29, 1.82) is 0 Å². The van der Waals surface area contributed by atoms with Gasteiger partial charge in [-0.2, -0.15) is 13.2 Å². The molecule has 0 saturated heterocycles. The number of anilines is 1. The molecule has 1 N–H and O–H groups in total. The van der Waals surface area contributed by atoms with Crippen molar-refractivity contribution in [3.63, 3.8) is 0 Å². The average Bonchev–Trinajstić information content (AvgIpc) is 3.46. The van der Waals surface area contributed by atoms with E-state index in [2.05, 4.69) is 25.5 Å². The Morgan fingerprint density at radius 2 is 2.10 bits per heavy atom. The van der Waals surface area contributed by atoms with Gasteiger partial charge in [-0.15, -0.1) is 10.2 Å². The fourth-order valence-corrected chi connectivity index (χ4v) is 3.73. The second-order valence-corrected chi connectivity index (χ2v) is 7.89. The van der Waals surface area contributed by atoms with Crippen LogP contribution in [0.2, 0.25) is 5.02 Å². The van der Waals surface area contributed by atoms with Crippen LogP contribution in [-0.2, 0) is 11.0 Å². The van der Waals surface area contributed by atoms with Crippen LogP contribution in [0, 0.1) is 0 Å². The topological polar surface area (TPSA) is 85.6 Å². The number of alkyl halides is 3. The van der Waals surface area contributed by atoms with Crippen molar-refractivity contribution in [3.8, 4) is 11.4 Å². The van der Waals surface area contributed by atoms with Crippen molar-refractivity contribution in [2.24, 2.45) is 0 Å². The third-order valence-corrected chi connectivity index (χ3v) is 5.49. The lowest BCUT2D eigenvalue weighted by Gasteiger charge is -2.10. The first-order valence-corrected chi connectivity index (χ1v) is 10.2. The Bertz CT molecular complexity index is 1070. The maximum absolute atomic E-state index is 12.7. The Morgan fingerprint density at radius 1 is 1.30 bits per heavy atom. The molecule has 1 aliphatic rings. The average molecular weight is 455 g/mol. The molecular weight excluding hydrogens is 441 g/mol. The third kappa shape index (κ3) is 4.57. The third-order valence-electron chi connectivity index (χ3n) is 4.25. The van der Waals surface area contributed by atoms with Gasteiger partial charge in [-0.3, -0.25) is 14.3 Å². The summed E-state index contributed by atoms with van der Waals surface area (Å²) in [5, 5.41) is 11.1. The molecule has 1 saturated carbocycles. The highest BCUT2D eigenvalue weighted by Crippen LogP contribution is 2.41. The predicted octanol–water partition coefficient (Wildman–Crippen LogP) is 4.47. The second-order valence-electron chi connectivity index (χ2n) is 6.54. The van der Waals surface area contributed by atoms with Gasteiger partial charge in [-0.05, 0) is 31.0 Å². The van der Waals surface area contributed by atoms with Gasteiger partial charge in [0.1, 0.15) is 0 Å². The summed E-state index contributed by atoms with van der Waals surface area (Å²) >= 11 is 7.00. The van der Waals surface area contributed by atoms with E-state index in [-0.39, 0.29) is 22.6 Å². The zero-order chi connectivity index (χ0) is 21.3. The van der Waals surface area contributed by atoms with Gasteiger partial charge >= 0.3 is 6.18 Å². The summed E-state index contributed by atoms with van der Waals surface area (Å²) < 4.78 is 40.1. The van der Waals surface area contributed by atoms with E-state index in [1.165, 1.54) is 11.8 Å². The number of rotatable bonds is 6. The van der Waals surface area contributed by atoms with Crippen LogP contribution in [0.5, 0.6) is 0 Å². The number of nitrogens with one attached hydrogen (secondary N) is 1. The minimum absolute atomic E-state index is 0.0308. The number of nitrogens with zero attached hydrogens (tertiary/aromatic N) is 5. The Kier molecular flexibility index (Phi) is 5.65. The molecule has 3 heterocycles. The molecule has 4 rings (SSSR count). The van der Waals surface area contributed by atoms with Crippen LogP contribution in [-0.4, -0.2) is 36.4 Å². The number of aromatic nitrogens is 5. The monoisotopic (exact) mass is 454 g/mol. The zero-order valence-corrected chi connectivity index (χ0v) is 16.8. The van der Waals surface area contributed by atoms with Crippen LogP contribution in [0.3, 0.4) is 0 Å². The van der Waals surface area contributed by atoms with E-state index >= 15 is 0 Å². The van der Waals surface area contributed by atoms with Gasteiger partial charge in [0.05, 0.1) is 16.3 Å². The highest BCUT2D eigenvalue weighted by atomic mass is 35.5. The van der Waals surface area contributed by atoms with Crippen LogP contribution < -0.4 is 5.32 Å².